The van der Waals surface area contributed by atoms with Crippen LogP contribution in [-0.4, -0.2) is 25.0 Å². The Morgan fingerprint density at radius 3 is 2.53 bits per heavy atom. The van der Waals surface area contributed by atoms with Crippen LogP contribution in [0.25, 0.3) is 0 Å². The zero-order chi connectivity index (χ0) is 11.1. The van der Waals surface area contributed by atoms with Crippen molar-refractivity contribution in [3.8, 4) is 0 Å². The van der Waals surface area contributed by atoms with Crippen molar-refractivity contribution in [3.05, 3.63) is 35.4 Å². The predicted octanol–water partition coefficient (Wildman–Crippen LogP) is 1.00. The summed E-state index contributed by atoms with van der Waals surface area (Å²) in [7, 11) is -3.07. The molecular formula is C11H14O3S. The van der Waals surface area contributed by atoms with E-state index < -0.39 is 15.4 Å². The van der Waals surface area contributed by atoms with Crippen LogP contribution in [0.3, 0.4) is 0 Å². The molecule has 1 aliphatic heterocycles. The molecule has 0 spiro atoms. The quantitative estimate of drug-likeness (QED) is 0.777. The lowest BCUT2D eigenvalue weighted by molar-refractivity contribution is 0.0646. The van der Waals surface area contributed by atoms with E-state index in [2.05, 4.69) is 0 Å². The Hall–Kier alpha value is -0.870. The molecule has 0 amide bonds. The minimum absolute atomic E-state index is 0.0812. The second-order valence-corrected chi connectivity index (χ2v) is 6.37. The standard InChI is InChI=1S/C11H14O3S/c1-9-4-2-3-5-10(9)11(12)6-7-15(13,14)8-11/h2-5,12H,6-8H2,1H3. The van der Waals surface area contributed by atoms with Crippen molar-refractivity contribution in [1.82, 2.24) is 0 Å². The van der Waals surface area contributed by atoms with Crippen molar-refractivity contribution in [2.75, 3.05) is 11.5 Å². The topological polar surface area (TPSA) is 54.4 Å². The molecule has 3 nitrogen and oxygen atoms in total. The molecule has 4 heteroatoms. The van der Waals surface area contributed by atoms with Gasteiger partial charge < -0.3 is 5.11 Å². The highest BCUT2D eigenvalue weighted by Crippen LogP contribution is 2.34. The summed E-state index contributed by atoms with van der Waals surface area (Å²) >= 11 is 0. The zero-order valence-corrected chi connectivity index (χ0v) is 9.42. The van der Waals surface area contributed by atoms with E-state index in [-0.39, 0.29) is 11.5 Å². The van der Waals surface area contributed by atoms with Gasteiger partial charge in [-0.25, -0.2) is 8.42 Å². The molecule has 1 aliphatic rings. The van der Waals surface area contributed by atoms with Crippen molar-refractivity contribution < 1.29 is 13.5 Å². The zero-order valence-electron chi connectivity index (χ0n) is 8.60. The number of benzene rings is 1. The molecule has 1 unspecified atom stereocenters. The second kappa shape index (κ2) is 3.32. The van der Waals surface area contributed by atoms with Crippen LogP contribution in [0.2, 0.25) is 0 Å². The molecule has 1 N–H and O–H groups in total. The summed E-state index contributed by atoms with van der Waals surface area (Å²) in [5.74, 6) is -0.0668. The van der Waals surface area contributed by atoms with E-state index >= 15 is 0 Å². The van der Waals surface area contributed by atoms with Gasteiger partial charge in [0, 0.05) is 0 Å². The maximum Gasteiger partial charge on any atom is 0.153 e. The molecule has 2 rings (SSSR count). The smallest absolute Gasteiger partial charge is 0.153 e. The first-order chi connectivity index (χ1) is 6.93. The Bertz CT molecular complexity index is 478. The van der Waals surface area contributed by atoms with Gasteiger partial charge in [-0.05, 0) is 24.5 Å². The van der Waals surface area contributed by atoms with Gasteiger partial charge in [0.1, 0.15) is 5.60 Å². The normalized spacial score (nSPS) is 29.2. The number of aryl methyl sites for hydroxylation is 1. The summed E-state index contributed by atoms with van der Waals surface area (Å²) in [5, 5.41) is 10.3. The maximum atomic E-state index is 11.4. The maximum absolute atomic E-state index is 11.4. The van der Waals surface area contributed by atoms with Crippen LogP contribution in [0.4, 0.5) is 0 Å². The average Bonchev–Trinajstić information content (AvgIpc) is 2.42. The van der Waals surface area contributed by atoms with Crippen molar-refractivity contribution >= 4 is 9.84 Å². The molecule has 1 aromatic carbocycles. The number of rotatable bonds is 1. The van der Waals surface area contributed by atoms with Crippen LogP contribution in [0, 0.1) is 6.92 Å². The van der Waals surface area contributed by atoms with Crippen molar-refractivity contribution in [2.24, 2.45) is 0 Å². The molecule has 15 heavy (non-hydrogen) atoms. The number of hydrogen-bond donors (Lipinski definition) is 1. The van der Waals surface area contributed by atoms with Crippen LogP contribution >= 0.6 is 0 Å². The molecular weight excluding hydrogens is 212 g/mol. The SMILES string of the molecule is Cc1ccccc1C1(O)CCS(=O)(=O)C1. The summed E-state index contributed by atoms with van der Waals surface area (Å²) < 4.78 is 22.7. The van der Waals surface area contributed by atoms with Gasteiger partial charge >= 0.3 is 0 Å². The van der Waals surface area contributed by atoms with Gasteiger partial charge in [-0.2, -0.15) is 0 Å². The van der Waals surface area contributed by atoms with E-state index in [1.54, 1.807) is 6.07 Å². The summed E-state index contributed by atoms with van der Waals surface area (Å²) in [5.41, 5.74) is 0.507. The van der Waals surface area contributed by atoms with Gasteiger partial charge in [0.15, 0.2) is 9.84 Å². The van der Waals surface area contributed by atoms with Crippen LogP contribution < -0.4 is 0 Å². The first-order valence-electron chi connectivity index (χ1n) is 4.92. The Kier molecular flexibility index (Phi) is 2.35. The molecule has 1 heterocycles. The van der Waals surface area contributed by atoms with Gasteiger partial charge in [0.25, 0.3) is 0 Å². The van der Waals surface area contributed by atoms with Gasteiger partial charge in [0.2, 0.25) is 0 Å². The molecule has 0 saturated carbocycles. The predicted molar refractivity (Wildman–Crippen MR) is 58.3 cm³/mol. The van der Waals surface area contributed by atoms with Crippen LogP contribution in [0.1, 0.15) is 17.5 Å². The molecule has 1 saturated heterocycles. The van der Waals surface area contributed by atoms with Gasteiger partial charge in [-0.15, -0.1) is 0 Å². The third-order valence-electron chi connectivity index (χ3n) is 2.93. The molecule has 0 aliphatic carbocycles. The first-order valence-corrected chi connectivity index (χ1v) is 6.74. The Morgan fingerprint density at radius 1 is 1.33 bits per heavy atom. The van der Waals surface area contributed by atoms with Crippen molar-refractivity contribution in [3.63, 3.8) is 0 Å². The lowest BCUT2D eigenvalue weighted by Crippen LogP contribution is -2.27. The summed E-state index contributed by atoms with van der Waals surface area (Å²) in [6.07, 6.45) is 0.306. The minimum Gasteiger partial charge on any atom is -0.384 e. The number of sulfone groups is 1. The number of hydrogen-bond acceptors (Lipinski definition) is 3. The highest BCUT2D eigenvalue weighted by Gasteiger charge is 2.42. The molecule has 1 atom stereocenters. The molecule has 0 aromatic heterocycles. The average molecular weight is 226 g/mol. The van der Waals surface area contributed by atoms with Gasteiger partial charge in [-0.1, -0.05) is 24.3 Å². The lowest BCUT2D eigenvalue weighted by Gasteiger charge is -2.23. The Labute approximate surface area is 89.7 Å². The monoisotopic (exact) mass is 226 g/mol. The second-order valence-electron chi connectivity index (χ2n) is 4.19. The molecule has 0 bridgehead atoms. The fourth-order valence-corrected chi connectivity index (χ4v) is 3.96. The third kappa shape index (κ3) is 1.92. The van der Waals surface area contributed by atoms with Crippen molar-refractivity contribution in [2.45, 2.75) is 18.9 Å². The van der Waals surface area contributed by atoms with E-state index in [1.165, 1.54) is 0 Å². The van der Waals surface area contributed by atoms with E-state index in [1.807, 2.05) is 25.1 Å². The van der Waals surface area contributed by atoms with E-state index in [9.17, 15) is 13.5 Å². The molecule has 0 radical (unpaired) electrons. The Balaban J connectivity index is 2.44. The first kappa shape index (κ1) is 10.6. The minimum atomic E-state index is -3.07. The highest BCUT2D eigenvalue weighted by atomic mass is 32.2. The third-order valence-corrected chi connectivity index (χ3v) is 4.68. The summed E-state index contributed by atoms with van der Waals surface area (Å²) in [6.45, 7) is 1.89. The van der Waals surface area contributed by atoms with E-state index in [0.29, 0.717) is 6.42 Å². The van der Waals surface area contributed by atoms with Gasteiger partial charge in [0.05, 0.1) is 11.5 Å². The fourth-order valence-electron chi connectivity index (χ4n) is 2.14. The van der Waals surface area contributed by atoms with Crippen LogP contribution in [0.5, 0.6) is 0 Å². The molecule has 1 fully saturated rings. The fraction of sp³-hybridized carbons (Fsp3) is 0.455. The lowest BCUT2D eigenvalue weighted by atomic mass is 9.90. The van der Waals surface area contributed by atoms with E-state index in [4.69, 9.17) is 0 Å². The van der Waals surface area contributed by atoms with Crippen molar-refractivity contribution in [1.29, 1.82) is 0 Å². The highest BCUT2D eigenvalue weighted by molar-refractivity contribution is 7.91. The number of aliphatic hydroxyl groups is 1. The molecule has 1 aromatic rings. The molecule has 82 valence electrons. The Morgan fingerprint density at radius 2 is 2.00 bits per heavy atom. The summed E-state index contributed by atoms with van der Waals surface area (Å²) in [6, 6.07) is 7.39. The largest absolute Gasteiger partial charge is 0.384 e. The summed E-state index contributed by atoms with van der Waals surface area (Å²) in [4.78, 5) is 0. The van der Waals surface area contributed by atoms with E-state index in [0.717, 1.165) is 11.1 Å². The van der Waals surface area contributed by atoms with Gasteiger partial charge in [-0.3, -0.25) is 0 Å². The van der Waals surface area contributed by atoms with Crippen LogP contribution in [0.15, 0.2) is 24.3 Å². The van der Waals surface area contributed by atoms with Crippen LogP contribution in [-0.2, 0) is 15.4 Å².